The van der Waals surface area contributed by atoms with E-state index in [-0.39, 0.29) is 18.4 Å². The van der Waals surface area contributed by atoms with Crippen molar-refractivity contribution in [3.05, 3.63) is 90.0 Å². The van der Waals surface area contributed by atoms with Gasteiger partial charge in [0, 0.05) is 17.0 Å². The molecule has 4 aromatic rings. The monoisotopic (exact) mass is 403 g/mol. The molecule has 0 radical (unpaired) electrons. The summed E-state index contributed by atoms with van der Waals surface area (Å²) < 4.78 is 10.5. The summed E-state index contributed by atoms with van der Waals surface area (Å²) in [5.74, 6) is 0.609. The van der Waals surface area contributed by atoms with Crippen molar-refractivity contribution in [2.24, 2.45) is 0 Å². The topological polar surface area (TPSA) is 96.4 Å². The highest BCUT2D eigenvalue weighted by molar-refractivity contribution is 6.00. The van der Waals surface area contributed by atoms with Crippen LogP contribution >= 0.6 is 0 Å². The van der Waals surface area contributed by atoms with Crippen LogP contribution in [-0.2, 0) is 11.3 Å². The van der Waals surface area contributed by atoms with Crippen molar-refractivity contribution in [2.75, 3.05) is 7.11 Å². The van der Waals surface area contributed by atoms with Gasteiger partial charge in [-0.15, -0.1) is 0 Å². The number of carbonyl (C=O) groups excluding carboxylic acids is 2. The highest BCUT2D eigenvalue weighted by Gasteiger charge is 2.24. The number of hydrogen-bond acceptors (Lipinski definition) is 4. The number of benzene rings is 2. The van der Waals surface area contributed by atoms with Gasteiger partial charge in [0.05, 0.1) is 19.9 Å². The molecule has 0 aliphatic heterocycles. The van der Waals surface area contributed by atoms with Crippen LogP contribution in [0.25, 0.3) is 10.9 Å². The molecule has 0 bridgehead atoms. The van der Waals surface area contributed by atoms with Gasteiger partial charge < -0.3 is 24.8 Å². The van der Waals surface area contributed by atoms with Gasteiger partial charge in [0.1, 0.15) is 23.2 Å². The summed E-state index contributed by atoms with van der Waals surface area (Å²) >= 11 is 0. The van der Waals surface area contributed by atoms with Gasteiger partial charge in [-0.2, -0.15) is 0 Å². The number of furan rings is 1. The van der Waals surface area contributed by atoms with Crippen molar-refractivity contribution in [1.29, 1.82) is 0 Å². The van der Waals surface area contributed by atoms with Gasteiger partial charge in [-0.05, 0) is 35.9 Å². The highest BCUT2D eigenvalue weighted by atomic mass is 16.5. The van der Waals surface area contributed by atoms with Crippen LogP contribution in [0.1, 0.15) is 27.9 Å². The average Bonchev–Trinajstić information content (AvgIpc) is 3.45. The Hall–Kier alpha value is -4.00. The lowest BCUT2D eigenvalue weighted by molar-refractivity contribution is -0.123. The molecule has 0 unspecified atom stereocenters. The van der Waals surface area contributed by atoms with Crippen LogP contribution in [0.4, 0.5) is 0 Å². The maximum Gasteiger partial charge on any atom is 0.268 e. The summed E-state index contributed by atoms with van der Waals surface area (Å²) in [4.78, 5) is 28.9. The molecule has 30 heavy (non-hydrogen) atoms. The fraction of sp³-hybridized carbons (Fsp3) is 0.130. The molecule has 0 saturated carbocycles. The number of nitrogens with one attached hydrogen (secondary N) is 3. The Morgan fingerprint density at radius 2 is 1.90 bits per heavy atom. The summed E-state index contributed by atoms with van der Waals surface area (Å²) in [5.41, 5.74) is 1.82. The third kappa shape index (κ3) is 4.20. The van der Waals surface area contributed by atoms with Crippen molar-refractivity contribution < 1.29 is 18.7 Å². The number of ether oxygens (including phenoxy) is 1. The Morgan fingerprint density at radius 3 is 2.63 bits per heavy atom. The van der Waals surface area contributed by atoms with Crippen molar-refractivity contribution in [3.8, 4) is 5.75 Å². The normalized spacial score (nSPS) is 11.8. The second-order valence-electron chi connectivity index (χ2n) is 6.75. The molecule has 2 aromatic heterocycles. The van der Waals surface area contributed by atoms with E-state index in [1.165, 1.54) is 0 Å². The lowest BCUT2D eigenvalue weighted by Gasteiger charge is -2.18. The van der Waals surface area contributed by atoms with E-state index in [2.05, 4.69) is 15.6 Å². The predicted octanol–water partition coefficient (Wildman–Crippen LogP) is 3.56. The minimum Gasteiger partial charge on any atom is -0.497 e. The van der Waals surface area contributed by atoms with E-state index < -0.39 is 6.04 Å². The average molecular weight is 403 g/mol. The molecule has 2 amide bonds. The minimum absolute atomic E-state index is 0.233. The van der Waals surface area contributed by atoms with Crippen LogP contribution in [-0.4, -0.2) is 23.9 Å². The third-order valence-corrected chi connectivity index (χ3v) is 4.76. The maximum absolute atomic E-state index is 12.9. The van der Waals surface area contributed by atoms with E-state index in [9.17, 15) is 9.59 Å². The Bertz CT molecular complexity index is 1150. The Balaban J connectivity index is 1.54. The Morgan fingerprint density at radius 1 is 1.07 bits per heavy atom. The number of rotatable bonds is 7. The lowest BCUT2D eigenvalue weighted by atomic mass is 10.1. The molecule has 0 spiro atoms. The number of hydrogen-bond donors (Lipinski definition) is 3. The molecule has 7 nitrogen and oxygen atoms in total. The number of aromatic nitrogens is 1. The van der Waals surface area contributed by atoms with E-state index in [1.807, 2.05) is 36.4 Å². The number of amides is 2. The van der Waals surface area contributed by atoms with Crippen molar-refractivity contribution >= 4 is 22.7 Å². The SMILES string of the molecule is COc1ccc2cc(C(=O)N[C@@H](C(=O)NCc3ccco3)c3ccccc3)[nH]c2c1. The first-order valence-corrected chi connectivity index (χ1v) is 9.46. The van der Waals surface area contributed by atoms with E-state index in [0.717, 1.165) is 10.9 Å². The molecule has 2 aromatic carbocycles. The highest BCUT2D eigenvalue weighted by Crippen LogP contribution is 2.22. The summed E-state index contributed by atoms with van der Waals surface area (Å²) in [6.07, 6.45) is 1.54. The Labute approximate surface area is 173 Å². The molecule has 152 valence electrons. The summed E-state index contributed by atoms with van der Waals surface area (Å²) in [5, 5.41) is 6.51. The van der Waals surface area contributed by atoms with Crippen LogP contribution in [0.15, 0.2) is 77.4 Å². The first-order chi connectivity index (χ1) is 14.6. The molecule has 0 saturated heterocycles. The molecule has 0 fully saturated rings. The van der Waals surface area contributed by atoms with Gasteiger partial charge in [-0.3, -0.25) is 9.59 Å². The van der Waals surface area contributed by atoms with Crippen molar-refractivity contribution in [3.63, 3.8) is 0 Å². The molecule has 0 aliphatic carbocycles. The molecule has 0 aliphatic rings. The van der Waals surface area contributed by atoms with Crippen molar-refractivity contribution in [1.82, 2.24) is 15.6 Å². The van der Waals surface area contributed by atoms with E-state index >= 15 is 0 Å². The second kappa shape index (κ2) is 8.57. The zero-order chi connectivity index (χ0) is 20.9. The molecular weight excluding hydrogens is 382 g/mol. The third-order valence-electron chi connectivity index (χ3n) is 4.76. The summed E-state index contributed by atoms with van der Waals surface area (Å²) in [6, 6.07) is 19.0. The predicted molar refractivity (Wildman–Crippen MR) is 112 cm³/mol. The largest absolute Gasteiger partial charge is 0.497 e. The lowest BCUT2D eigenvalue weighted by Crippen LogP contribution is -2.40. The standard InChI is InChI=1S/C23H21N3O4/c1-29-17-10-9-16-12-20(25-19(16)13-17)22(27)26-21(15-6-3-2-4-7-15)23(28)24-14-18-8-5-11-30-18/h2-13,21,25H,14H2,1H3,(H,24,28)(H,26,27)/t21-/m1/s1. The molecule has 3 N–H and O–H groups in total. The first-order valence-electron chi connectivity index (χ1n) is 9.46. The van der Waals surface area contributed by atoms with Gasteiger partial charge >= 0.3 is 0 Å². The quantitative estimate of drug-likeness (QED) is 0.440. The van der Waals surface area contributed by atoms with Gasteiger partial charge in [0.2, 0.25) is 5.91 Å². The molecule has 4 rings (SSSR count). The van der Waals surface area contributed by atoms with Crippen LogP contribution < -0.4 is 15.4 Å². The number of methoxy groups -OCH3 is 1. The van der Waals surface area contributed by atoms with E-state index in [0.29, 0.717) is 22.8 Å². The van der Waals surface area contributed by atoms with Gasteiger partial charge in [0.25, 0.3) is 5.91 Å². The smallest absolute Gasteiger partial charge is 0.268 e. The van der Waals surface area contributed by atoms with Gasteiger partial charge in [0.15, 0.2) is 0 Å². The van der Waals surface area contributed by atoms with Crippen molar-refractivity contribution in [2.45, 2.75) is 12.6 Å². The number of aromatic amines is 1. The number of carbonyl (C=O) groups is 2. The maximum atomic E-state index is 12.9. The van der Waals surface area contributed by atoms with Gasteiger partial charge in [-0.25, -0.2) is 0 Å². The van der Waals surface area contributed by atoms with E-state index in [1.54, 1.807) is 43.7 Å². The van der Waals surface area contributed by atoms with Crippen LogP contribution in [0.5, 0.6) is 5.75 Å². The summed E-state index contributed by atoms with van der Waals surface area (Å²) in [7, 11) is 1.59. The molecular formula is C23H21N3O4. The van der Waals surface area contributed by atoms with Crippen LogP contribution in [0, 0.1) is 0 Å². The fourth-order valence-electron chi connectivity index (χ4n) is 3.20. The fourth-order valence-corrected chi connectivity index (χ4v) is 3.20. The van der Waals surface area contributed by atoms with E-state index in [4.69, 9.17) is 9.15 Å². The Kier molecular flexibility index (Phi) is 5.52. The minimum atomic E-state index is -0.852. The molecule has 2 heterocycles. The summed E-state index contributed by atoms with van der Waals surface area (Å²) in [6.45, 7) is 0.233. The van der Waals surface area contributed by atoms with Crippen LogP contribution in [0.2, 0.25) is 0 Å². The van der Waals surface area contributed by atoms with Gasteiger partial charge in [-0.1, -0.05) is 30.3 Å². The zero-order valence-electron chi connectivity index (χ0n) is 16.3. The number of fused-ring (bicyclic) bond motifs is 1. The number of H-pyrrole nitrogens is 1. The molecule has 1 atom stereocenters. The van der Waals surface area contributed by atoms with Crippen LogP contribution in [0.3, 0.4) is 0 Å². The zero-order valence-corrected chi connectivity index (χ0v) is 16.3. The first kappa shape index (κ1) is 19.3. The second-order valence-corrected chi connectivity index (χ2v) is 6.75. The molecule has 7 heteroatoms.